The summed E-state index contributed by atoms with van der Waals surface area (Å²) in [5.74, 6) is 1.51. The molecule has 1 aromatic carbocycles. The van der Waals surface area contributed by atoms with Gasteiger partial charge in [0.2, 0.25) is 5.91 Å². The molecule has 1 aliphatic heterocycles. The molecule has 0 radical (unpaired) electrons. The molecule has 1 amide bonds. The number of rotatable bonds is 5. The first-order valence-electron chi connectivity index (χ1n) is 9.46. The van der Waals surface area contributed by atoms with Crippen LogP contribution in [0.4, 0.5) is 5.82 Å². The van der Waals surface area contributed by atoms with Gasteiger partial charge in [0.25, 0.3) is 0 Å². The van der Waals surface area contributed by atoms with Crippen LogP contribution in [0.1, 0.15) is 32.3 Å². The zero-order chi connectivity index (χ0) is 18.5. The number of nitrogens with one attached hydrogen (secondary N) is 1. The van der Waals surface area contributed by atoms with Crippen molar-refractivity contribution in [3.8, 4) is 11.3 Å². The van der Waals surface area contributed by atoms with Crippen molar-refractivity contribution in [2.75, 3.05) is 24.5 Å². The van der Waals surface area contributed by atoms with E-state index in [2.05, 4.69) is 65.5 Å². The predicted octanol–water partition coefficient (Wildman–Crippen LogP) is 3.44. The predicted molar refractivity (Wildman–Crippen MR) is 105 cm³/mol. The summed E-state index contributed by atoms with van der Waals surface area (Å²) in [5, 5.41) is 11.9. The Balaban J connectivity index is 1.65. The van der Waals surface area contributed by atoms with Crippen LogP contribution in [0.15, 0.2) is 36.4 Å². The number of anilines is 1. The number of hydrogen-bond donors (Lipinski definition) is 1. The van der Waals surface area contributed by atoms with Gasteiger partial charge in [0.1, 0.15) is 0 Å². The van der Waals surface area contributed by atoms with Gasteiger partial charge < -0.3 is 10.2 Å². The van der Waals surface area contributed by atoms with E-state index in [1.165, 1.54) is 5.56 Å². The maximum Gasteiger partial charge on any atom is 0.224 e. The minimum atomic E-state index is 0.0288. The van der Waals surface area contributed by atoms with Gasteiger partial charge in [-0.3, -0.25) is 4.79 Å². The lowest BCUT2D eigenvalue weighted by Gasteiger charge is -2.32. The number of aromatic nitrogens is 2. The Bertz CT molecular complexity index is 725. The second-order valence-electron chi connectivity index (χ2n) is 7.57. The molecule has 0 unspecified atom stereocenters. The quantitative estimate of drug-likeness (QED) is 0.895. The zero-order valence-corrected chi connectivity index (χ0v) is 15.9. The molecule has 0 spiro atoms. The first-order valence-corrected chi connectivity index (χ1v) is 9.46. The maximum absolute atomic E-state index is 12.4. The first kappa shape index (κ1) is 18.4. The fourth-order valence-electron chi connectivity index (χ4n) is 3.22. The average Bonchev–Trinajstić information content (AvgIpc) is 2.67. The molecule has 1 fully saturated rings. The second-order valence-corrected chi connectivity index (χ2v) is 7.57. The van der Waals surface area contributed by atoms with E-state index in [4.69, 9.17) is 0 Å². The third-order valence-electron chi connectivity index (χ3n) is 4.80. The van der Waals surface area contributed by atoms with Crippen LogP contribution in [0.25, 0.3) is 11.3 Å². The van der Waals surface area contributed by atoms with Crippen molar-refractivity contribution in [3.63, 3.8) is 0 Å². The van der Waals surface area contributed by atoms with Crippen molar-refractivity contribution < 1.29 is 4.79 Å². The number of benzene rings is 1. The monoisotopic (exact) mass is 352 g/mol. The van der Waals surface area contributed by atoms with Crippen LogP contribution in [-0.2, 0) is 4.79 Å². The molecule has 1 saturated heterocycles. The zero-order valence-electron chi connectivity index (χ0n) is 15.9. The number of carbonyl (C=O) groups excluding carboxylic acids is 1. The number of hydrogen-bond acceptors (Lipinski definition) is 4. The molecule has 1 N–H and O–H groups in total. The van der Waals surface area contributed by atoms with E-state index in [-0.39, 0.29) is 11.8 Å². The van der Waals surface area contributed by atoms with Crippen molar-refractivity contribution in [2.24, 2.45) is 11.8 Å². The van der Waals surface area contributed by atoms with Crippen LogP contribution in [-0.4, -0.2) is 35.7 Å². The Hall–Kier alpha value is -2.43. The molecular weight excluding hydrogens is 324 g/mol. The summed E-state index contributed by atoms with van der Waals surface area (Å²) in [6, 6.07) is 12.3. The van der Waals surface area contributed by atoms with Crippen molar-refractivity contribution in [2.45, 2.75) is 33.6 Å². The smallest absolute Gasteiger partial charge is 0.224 e. The van der Waals surface area contributed by atoms with Crippen molar-refractivity contribution in [3.05, 3.63) is 42.0 Å². The van der Waals surface area contributed by atoms with Crippen LogP contribution < -0.4 is 10.2 Å². The third-order valence-corrected chi connectivity index (χ3v) is 4.80. The molecule has 2 aromatic rings. The summed E-state index contributed by atoms with van der Waals surface area (Å²) in [7, 11) is 0. The Kier molecular flexibility index (Phi) is 5.86. The lowest BCUT2D eigenvalue weighted by Crippen LogP contribution is -2.44. The Morgan fingerprint density at radius 2 is 1.96 bits per heavy atom. The fraction of sp³-hybridized carbons (Fsp3) is 0.476. The second kappa shape index (κ2) is 8.30. The van der Waals surface area contributed by atoms with Crippen LogP contribution in [0.3, 0.4) is 0 Å². The minimum absolute atomic E-state index is 0.0288. The number of amides is 1. The van der Waals surface area contributed by atoms with E-state index in [0.717, 1.165) is 43.0 Å². The molecule has 5 nitrogen and oxygen atoms in total. The molecule has 1 aromatic heterocycles. The highest BCUT2D eigenvalue weighted by Crippen LogP contribution is 2.23. The summed E-state index contributed by atoms with van der Waals surface area (Å²) >= 11 is 0. The summed E-state index contributed by atoms with van der Waals surface area (Å²) in [5.41, 5.74) is 3.17. The molecule has 5 heteroatoms. The molecule has 138 valence electrons. The molecule has 0 aliphatic carbocycles. The lowest BCUT2D eigenvalue weighted by molar-refractivity contribution is -0.125. The number of piperidine rings is 1. The Morgan fingerprint density at radius 1 is 1.19 bits per heavy atom. The summed E-state index contributed by atoms with van der Waals surface area (Å²) in [6.07, 6.45) is 1.94. The van der Waals surface area contributed by atoms with Gasteiger partial charge in [-0.15, -0.1) is 10.2 Å². The molecule has 0 bridgehead atoms. The third kappa shape index (κ3) is 4.59. The van der Waals surface area contributed by atoms with Crippen LogP contribution in [0.5, 0.6) is 0 Å². The van der Waals surface area contributed by atoms with Crippen LogP contribution in [0, 0.1) is 18.8 Å². The van der Waals surface area contributed by atoms with E-state index in [9.17, 15) is 4.79 Å². The SMILES string of the molecule is Cc1ccc(-c2ccc(N3CCC[C@H](C(=O)NCC(C)C)C3)nn2)cc1. The van der Waals surface area contributed by atoms with E-state index in [0.29, 0.717) is 12.5 Å². The van der Waals surface area contributed by atoms with Gasteiger partial charge in [0.05, 0.1) is 11.6 Å². The van der Waals surface area contributed by atoms with E-state index < -0.39 is 0 Å². The first-order chi connectivity index (χ1) is 12.5. The topological polar surface area (TPSA) is 58.1 Å². The number of carbonyl (C=O) groups is 1. The Morgan fingerprint density at radius 3 is 2.62 bits per heavy atom. The number of nitrogens with zero attached hydrogens (tertiary/aromatic N) is 3. The maximum atomic E-state index is 12.4. The van der Waals surface area contributed by atoms with Gasteiger partial charge >= 0.3 is 0 Å². The van der Waals surface area contributed by atoms with Crippen LogP contribution >= 0.6 is 0 Å². The van der Waals surface area contributed by atoms with E-state index >= 15 is 0 Å². The normalized spacial score (nSPS) is 17.4. The van der Waals surface area contributed by atoms with E-state index in [1.807, 2.05) is 12.1 Å². The van der Waals surface area contributed by atoms with Gasteiger partial charge in [-0.1, -0.05) is 43.7 Å². The highest BCUT2D eigenvalue weighted by molar-refractivity contribution is 5.79. The summed E-state index contributed by atoms with van der Waals surface area (Å²) in [4.78, 5) is 14.5. The molecule has 0 saturated carbocycles. The molecule has 2 heterocycles. The molecular formula is C21H28N4O. The van der Waals surface area contributed by atoms with Crippen molar-refractivity contribution in [1.29, 1.82) is 0 Å². The molecule has 1 aliphatic rings. The molecule has 3 rings (SSSR count). The highest BCUT2D eigenvalue weighted by Gasteiger charge is 2.26. The minimum Gasteiger partial charge on any atom is -0.356 e. The average molecular weight is 352 g/mol. The van der Waals surface area contributed by atoms with Crippen molar-refractivity contribution >= 4 is 11.7 Å². The van der Waals surface area contributed by atoms with Gasteiger partial charge in [0, 0.05) is 25.2 Å². The summed E-state index contributed by atoms with van der Waals surface area (Å²) < 4.78 is 0. The van der Waals surface area contributed by atoms with E-state index in [1.54, 1.807) is 0 Å². The lowest BCUT2D eigenvalue weighted by atomic mass is 9.97. The Labute approximate surface area is 155 Å². The van der Waals surface area contributed by atoms with Gasteiger partial charge in [0.15, 0.2) is 5.82 Å². The van der Waals surface area contributed by atoms with Gasteiger partial charge in [-0.2, -0.15) is 0 Å². The fourth-order valence-corrected chi connectivity index (χ4v) is 3.22. The van der Waals surface area contributed by atoms with Gasteiger partial charge in [-0.25, -0.2) is 0 Å². The summed E-state index contributed by atoms with van der Waals surface area (Å²) in [6.45, 7) is 8.66. The molecule has 1 atom stereocenters. The number of aryl methyl sites for hydroxylation is 1. The molecule has 26 heavy (non-hydrogen) atoms. The van der Waals surface area contributed by atoms with Crippen molar-refractivity contribution in [1.82, 2.24) is 15.5 Å². The van der Waals surface area contributed by atoms with Gasteiger partial charge in [-0.05, 0) is 37.8 Å². The largest absolute Gasteiger partial charge is 0.356 e. The van der Waals surface area contributed by atoms with Crippen LogP contribution in [0.2, 0.25) is 0 Å². The highest BCUT2D eigenvalue weighted by atomic mass is 16.1. The standard InChI is InChI=1S/C21H28N4O/c1-15(2)13-22-21(26)18-5-4-12-25(14-18)20-11-10-19(23-24-20)17-8-6-16(3)7-9-17/h6-11,15,18H,4-5,12-14H2,1-3H3,(H,22,26)/t18-/m0/s1.